The van der Waals surface area contributed by atoms with Gasteiger partial charge in [0.1, 0.15) is 5.78 Å². The summed E-state index contributed by atoms with van der Waals surface area (Å²) in [6.07, 6.45) is 4.81. The summed E-state index contributed by atoms with van der Waals surface area (Å²) in [6, 6.07) is 0. The van der Waals surface area contributed by atoms with E-state index in [2.05, 4.69) is 25.5 Å². The van der Waals surface area contributed by atoms with Gasteiger partial charge >= 0.3 is 11.9 Å². The summed E-state index contributed by atoms with van der Waals surface area (Å²) in [4.78, 5) is 54.7. The molecule has 8 nitrogen and oxygen atoms in total. The largest absolute Gasteiger partial charge is 0.502 e. The van der Waals surface area contributed by atoms with Gasteiger partial charge in [0, 0.05) is 29.7 Å². The van der Waals surface area contributed by atoms with E-state index < -0.39 is 28.9 Å². The van der Waals surface area contributed by atoms with Gasteiger partial charge in [0.05, 0.1) is 6.61 Å². The Morgan fingerprint density at radius 1 is 0.914 bits per heavy atom. The summed E-state index contributed by atoms with van der Waals surface area (Å²) >= 11 is 0. The lowest BCUT2D eigenvalue weighted by atomic mass is 9.70. The second kappa shape index (κ2) is 9.51. The minimum atomic E-state index is -1.41. The standard InChI is InChI=1S/C12H16O4.C10H16O.C5H8O3/c1-11(2)6-4-5-12(11,3)9(14)7(6)8(13)10(15)16;1-9(2)7-4-5-10(9,3)8(11)6-7;1-3-8-5(7)4(2)6/h6,13H,4-5H2,1-3H3,(H,15,16);7H,4-6H2,1-3H3;3H2,1-2H3/b8-7-;;. The Morgan fingerprint density at radius 3 is 1.71 bits per heavy atom. The SMILES string of the molecule is CC12CCC(/C(=C(/O)C(=O)O)C1=O)C2(C)C.CC12CCC(CC1=O)C2(C)C.CCOC(=O)C(C)=O. The van der Waals surface area contributed by atoms with E-state index in [-0.39, 0.29) is 40.1 Å². The van der Waals surface area contributed by atoms with Gasteiger partial charge < -0.3 is 14.9 Å². The second-order valence-corrected chi connectivity index (χ2v) is 11.7. The van der Waals surface area contributed by atoms with Crippen molar-refractivity contribution in [3.63, 3.8) is 0 Å². The van der Waals surface area contributed by atoms with Crippen LogP contribution in [0.4, 0.5) is 0 Å². The number of carbonyl (C=O) groups excluding carboxylic acids is 4. The molecule has 4 unspecified atom stereocenters. The Labute approximate surface area is 207 Å². The fourth-order valence-electron chi connectivity index (χ4n) is 6.39. The maximum absolute atomic E-state index is 12.2. The number of allylic oxidation sites excluding steroid dienone is 1. The first-order chi connectivity index (χ1) is 15.9. The minimum absolute atomic E-state index is 0.0255. The highest BCUT2D eigenvalue weighted by Crippen LogP contribution is 2.66. The third kappa shape index (κ3) is 4.45. The summed E-state index contributed by atoms with van der Waals surface area (Å²) in [5, 5.41) is 18.3. The van der Waals surface area contributed by atoms with Crippen molar-refractivity contribution in [3.05, 3.63) is 11.3 Å². The molecule has 4 rings (SSSR count). The fraction of sp³-hybridized carbons (Fsp3) is 0.741. The predicted octanol–water partition coefficient (Wildman–Crippen LogP) is 4.45. The molecule has 0 saturated heterocycles. The van der Waals surface area contributed by atoms with E-state index in [0.717, 1.165) is 25.7 Å². The summed E-state index contributed by atoms with van der Waals surface area (Å²) in [5.41, 5.74) is -0.340. The molecule has 0 aromatic rings. The van der Waals surface area contributed by atoms with Crippen LogP contribution in [0.15, 0.2) is 11.3 Å². The molecule has 4 aliphatic carbocycles. The van der Waals surface area contributed by atoms with Crippen molar-refractivity contribution in [2.24, 2.45) is 33.5 Å². The Hall–Kier alpha value is -2.51. The number of aliphatic carboxylic acids is 1. The number of Topliss-reactive ketones (excluding diaryl/α,β-unsaturated/α-hetero) is 3. The van der Waals surface area contributed by atoms with Gasteiger partial charge in [-0.15, -0.1) is 0 Å². The number of carboxylic acid groups (broad SMARTS) is 1. The highest BCUT2D eigenvalue weighted by atomic mass is 16.5. The number of carbonyl (C=O) groups is 5. The molecule has 0 spiro atoms. The first kappa shape index (κ1) is 28.7. The Bertz CT molecular complexity index is 972. The highest BCUT2D eigenvalue weighted by Gasteiger charge is 2.65. The average molecular weight is 493 g/mol. The van der Waals surface area contributed by atoms with Gasteiger partial charge in [-0.1, -0.05) is 41.5 Å². The van der Waals surface area contributed by atoms with Crippen LogP contribution in [0.3, 0.4) is 0 Å². The van der Waals surface area contributed by atoms with Gasteiger partial charge in [-0.25, -0.2) is 9.59 Å². The second-order valence-electron chi connectivity index (χ2n) is 11.7. The van der Waals surface area contributed by atoms with Crippen LogP contribution in [0.1, 0.15) is 87.5 Å². The topological polar surface area (TPSA) is 135 Å². The third-order valence-corrected chi connectivity index (χ3v) is 9.82. The monoisotopic (exact) mass is 492 g/mol. The van der Waals surface area contributed by atoms with E-state index in [1.165, 1.54) is 13.3 Å². The quantitative estimate of drug-likeness (QED) is 0.255. The minimum Gasteiger partial charge on any atom is -0.502 e. The number of aliphatic hydroxyl groups excluding tert-OH is 1. The summed E-state index contributed by atoms with van der Waals surface area (Å²) in [5.74, 6) is -2.59. The van der Waals surface area contributed by atoms with Crippen LogP contribution in [0, 0.1) is 33.5 Å². The molecule has 4 fully saturated rings. The lowest BCUT2D eigenvalue weighted by molar-refractivity contribution is -0.152. The number of ether oxygens (including phenoxy) is 1. The van der Waals surface area contributed by atoms with Crippen molar-refractivity contribution < 1.29 is 38.9 Å². The Morgan fingerprint density at radius 2 is 1.46 bits per heavy atom. The zero-order valence-electron chi connectivity index (χ0n) is 22.2. The summed E-state index contributed by atoms with van der Waals surface area (Å²) in [6.45, 7) is 15.6. The molecule has 4 bridgehead atoms. The maximum atomic E-state index is 12.2. The van der Waals surface area contributed by atoms with Crippen LogP contribution < -0.4 is 0 Å². The van der Waals surface area contributed by atoms with Gasteiger partial charge in [-0.3, -0.25) is 14.4 Å². The van der Waals surface area contributed by atoms with E-state index >= 15 is 0 Å². The molecule has 0 aromatic heterocycles. The van der Waals surface area contributed by atoms with Crippen molar-refractivity contribution in [2.45, 2.75) is 87.5 Å². The molecule has 4 aliphatic rings. The number of rotatable bonds is 3. The third-order valence-electron chi connectivity index (χ3n) is 9.82. The van der Waals surface area contributed by atoms with Crippen LogP contribution in [0.25, 0.3) is 0 Å². The number of hydrogen-bond donors (Lipinski definition) is 2. The zero-order valence-corrected chi connectivity index (χ0v) is 22.2. The Balaban J connectivity index is 0.000000198. The molecule has 0 amide bonds. The first-order valence-electron chi connectivity index (χ1n) is 12.3. The van der Waals surface area contributed by atoms with E-state index in [9.17, 15) is 29.1 Å². The van der Waals surface area contributed by atoms with Crippen molar-refractivity contribution in [1.29, 1.82) is 0 Å². The van der Waals surface area contributed by atoms with Gasteiger partial charge in [0.15, 0.2) is 5.78 Å². The molecule has 0 heterocycles. The smallest absolute Gasteiger partial charge is 0.374 e. The maximum Gasteiger partial charge on any atom is 0.374 e. The predicted molar refractivity (Wildman–Crippen MR) is 128 cm³/mol. The molecule has 4 atom stereocenters. The number of aliphatic hydroxyl groups is 1. The Kier molecular flexibility index (Phi) is 7.80. The van der Waals surface area contributed by atoms with Crippen molar-refractivity contribution in [3.8, 4) is 0 Å². The number of esters is 1. The molecular formula is C27H40O8. The number of ketones is 3. The number of hydrogen-bond acceptors (Lipinski definition) is 7. The van der Waals surface area contributed by atoms with E-state index in [4.69, 9.17) is 5.11 Å². The molecule has 4 saturated carbocycles. The molecule has 0 radical (unpaired) electrons. The van der Waals surface area contributed by atoms with Crippen LogP contribution in [0.2, 0.25) is 0 Å². The van der Waals surface area contributed by atoms with Crippen molar-refractivity contribution in [2.75, 3.05) is 6.61 Å². The van der Waals surface area contributed by atoms with Crippen molar-refractivity contribution in [1.82, 2.24) is 0 Å². The van der Waals surface area contributed by atoms with E-state index in [0.29, 0.717) is 11.7 Å². The average Bonchev–Trinajstić information content (AvgIpc) is 3.25. The van der Waals surface area contributed by atoms with Crippen LogP contribution >= 0.6 is 0 Å². The molecule has 35 heavy (non-hydrogen) atoms. The molecule has 196 valence electrons. The van der Waals surface area contributed by atoms with Crippen LogP contribution in [0.5, 0.6) is 0 Å². The summed E-state index contributed by atoms with van der Waals surface area (Å²) in [7, 11) is 0. The lowest BCUT2D eigenvalue weighted by Crippen LogP contribution is -2.32. The highest BCUT2D eigenvalue weighted by molar-refractivity contribution is 6.32. The number of fused-ring (bicyclic) bond motifs is 4. The normalized spacial score (nSPS) is 34.4. The molecule has 0 aromatic carbocycles. The van der Waals surface area contributed by atoms with Gasteiger partial charge in [0.25, 0.3) is 0 Å². The van der Waals surface area contributed by atoms with Gasteiger partial charge in [-0.05, 0) is 55.3 Å². The molecular weight excluding hydrogens is 452 g/mol. The zero-order chi connectivity index (χ0) is 27.1. The van der Waals surface area contributed by atoms with Crippen LogP contribution in [-0.2, 0) is 28.7 Å². The van der Waals surface area contributed by atoms with E-state index in [1.807, 2.05) is 20.8 Å². The van der Waals surface area contributed by atoms with Crippen LogP contribution in [-0.4, -0.2) is 46.1 Å². The van der Waals surface area contributed by atoms with E-state index in [1.54, 1.807) is 6.92 Å². The number of carboxylic acids is 1. The van der Waals surface area contributed by atoms with Crippen molar-refractivity contribution >= 4 is 29.3 Å². The molecule has 2 N–H and O–H groups in total. The summed E-state index contributed by atoms with van der Waals surface area (Å²) < 4.78 is 4.31. The molecule has 8 heteroatoms. The fourth-order valence-corrected chi connectivity index (χ4v) is 6.39. The van der Waals surface area contributed by atoms with Gasteiger partial charge in [0.2, 0.25) is 11.5 Å². The molecule has 0 aliphatic heterocycles. The van der Waals surface area contributed by atoms with Gasteiger partial charge in [-0.2, -0.15) is 0 Å². The lowest BCUT2D eigenvalue weighted by Gasteiger charge is -2.32. The first-order valence-corrected chi connectivity index (χ1v) is 12.3.